The average molecular weight is 308 g/mol. The number of hydrogen-bond acceptors (Lipinski definition) is 6. The Morgan fingerprint density at radius 2 is 1.86 bits per heavy atom. The minimum absolute atomic E-state index is 0.0159. The van der Waals surface area contributed by atoms with Crippen LogP contribution in [0, 0.1) is 6.92 Å². The molecule has 0 amide bonds. The lowest BCUT2D eigenvalue weighted by Gasteiger charge is -2.12. The zero-order valence-corrected chi connectivity index (χ0v) is 13.2. The molecule has 0 atom stereocenters. The fourth-order valence-corrected chi connectivity index (χ4v) is 1.81. The molecule has 0 radical (unpaired) electrons. The quantitative estimate of drug-likeness (QED) is 0.882. The number of benzene rings is 1. The van der Waals surface area contributed by atoms with Crippen LogP contribution >= 0.6 is 11.6 Å². The zero-order chi connectivity index (χ0) is 15.4. The van der Waals surface area contributed by atoms with E-state index in [0.717, 1.165) is 11.3 Å². The van der Waals surface area contributed by atoms with E-state index in [1.807, 2.05) is 39.0 Å². The predicted octanol–water partition coefficient (Wildman–Crippen LogP) is 3.41. The first-order chi connectivity index (χ1) is 9.97. The maximum absolute atomic E-state index is 6.01. The summed E-state index contributed by atoms with van der Waals surface area (Å²) in [5.41, 5.74) is 1.88. The number of anilines is 3. The highest BCUT2D eigenvalue weighted by Crippen LogP contribution is 2.23. The molecule has 21 heavy (non-hydrogen) atoms. The van der Waals surface area contributed by atoms with Gasteiger partial charge >= 0.3 is 6.01 Å². The smallest absolute Gasteiger partial charge is 0.323 e. The van der Waals surface area contributed by atoms with Crippen LogP contribution in [0.3, 0.4) is 0 Å². The number of hydrogen-bond donors (Lipinski definition) is 2. The number of rotatable bonds is 5. The Labute approximate surface area is 128 Å². The molecule has 0 saturated heterocycles. The maximum Gasteiger partial charge on any atom is 0.323 e. The van der Waals surface area contributed by atoms with E-state index in [2.05, 4.69) is 25.6 Å². The van der Waals surface area contributed by atoms with Gasteiger partial charge in [-0.1, -0.05) is 17.7 Å². The van der Waals surface area contributed by atoms with Crippen molar-refractivity contribution in [3.63, 3.8) is 0 Å². The highest BCUT2D eigenvalue weighted by molar-refractivity contribution is 6.30. The van der Waals surface area contributed by atoms with E-state index >= 15 is 0 Å². The van der Waals surface area contributed by atoms with E-state index in [9.17, 15) is 0 Å². The predicted molar refractivity (Wildman–Crippen MR) is 84.6 cm³/mol. The van der Waals surface area contributed by atoms with E-state index in [1.165, 1.54) is 0 Å². The number of halogens is 1. The molecule has 2 rings (SSSR count). The van der Waals surface area contributed by atoms with Gasteiger partial charge in [-0.15, -0.1) is 0 Å². The Morgan fingerprint density at radius 3 is 2.52 bits per heavy atom. The summed E-state index contributed by atoms with van der Waals surface area (Å²) >= 11 is 6.01. The highest BCUT2D eigenvalue weighted by Gasteiger charge is 2.09. The summed E-state index contributed by atoms with van der Waals surface area (Å²) < 4.78 is 5.52. The average Bonchev–Trinajstić information content (AvgIpc) is 2.42. The van der Waals surface area contributed by atoms with Crippen molar-refractivity contribution in [2.75, 3.05) is 17.7 Å². The van der Waals surface area contributed by atoms with Gasteiger partial charge in [-0.25, -0.2) is 0 Å². The number of aryl methyl sites for hydroxylation is 1. The number of aromatic nitrogens is 3. The lowest BCUT2D eigenvalue weighted by Crippen LogP contribution is -2.12. The van der Waals surface area contributed by atoms with Crippen LogP contribution in [-0.4, -0.2) is 28.1 Å². The van der Waals surface area contributed by atoms with Gasteiger partial charge in [0.05, 0.1) is 6.10 Å². The molecule has 0 aliphatic rings. The Hall–Kier alpha value is -2.08. The molecular formula is C14H18ClN5O. The lowest BCUT2D eigenvalue weighted by molar-refractivity contribution is 0.222. The van der Waals surface area contributed by atoms with Gasteiger partial charge in [-0.3, -0.25) is 0 Å². The molecule has 0 aliphatic heterocycles. The van der Waals surface area contributed by atoms with Crippen molar-refractivity contribution in [2.45, 2.75) is 26.9 Å². The van der Waals surface area contributed by atoms with Crippen LogP contribution in [0.5, 0.6) is 6.01 Å². The fourth-order valence-electron chi connectivity index (χ4n) is 1.64. The van der Waals surface area contributed by atoms with E-state index in [0.29, 0.717) is 16.9 Å². The molecule has 1 aromatic heterocycles. The molecule has 7 heteroatoms. The van der Waals surface area contributed by atoms with E-state index in [-0.39, 0.29) is 12.1 Å². The van der Waals surface area contributed by atoms with Crippen molar-refractivity contribution in [3.05, 3.63) is 28.8 Å². The lowest BCUT2D eigenvalue weighted by atomic mass is 10.2. The number of nitrogens with one attached hydrogen (secondary N) is 2. The minimum atomic E-state index is -0.0159. The van der Waals surface area contributed by atoms with Crippen LogP contribution < -0.4 is 15.4 Å². The first-order valence-corrected chi connectivity index (χ1v) is 6.99. The van der Waals surface area contributed by atoms with Crippen molar-refractivity contribution in [3.8, 4) is 6.01 Å². The summed E-state index contributed by atoms with van der Waals surface area (Å²) in [6, 6.07) is 5.85. The molecule has 0 bridgehead atoms. The second kappa shape index (κ2) is 6.58. The van der Waals surface area contributed by atoms with Gasteiger partial charge in [0.1, 0.15) is 0 Å². The molecule has 1 aromatic carbocycles. The van der Waals surface area contributed by atoms with Gasteiger partial charge in [-0.05, 0) is 38.5 Å². The van der Waals surface area contributed by atoms with Crippen LogP contribution in [-0.2, 0) is 0 Å². The molecule has 2 N–H and O–H groups in total. The molecule has 0 saturated carbocycles. The van der Waals surface area contributed by atoms with Gasteiger partial charge in [0, 0.05) is 17.8 Å². The first-order valence-electron chi connectivity index (χ1n) is 6.61. The molecular weight excluding hydrogens is 290 g/mol. The molecule has 1 heterocycles. The van der Waals surface area contributed by atoms with Crippen molar-refractivity contribution in [2.24, 2.45) is 0 Å². The van der Waals surface area contributed by atoms with Crippen LogP contribution in [0.25, 0.3) is 0 Å². The monoisotopic (exact) mass is 307 g/mol. The largest absolute Gasteiger partial charge is 0.461 e. The van der Waals surface area contributed by atoms with Crippen molar-refractivity contribution in [1.29, 1.82) is 0 Å². The van der Waals surface area contributed by atoms with Gasteiger partial charge in [0.25, 0.3) is 0 Å². The van der Waals surface area contributed by atoms with Crippen LogP contribution in [0.2, 0.25) is 5.02 Å². The van der Waals surface area contributed by atoms with Crippen molar-refractivity contribution < 1.29 is 4.74 Å². The van der Waals surface area contributed by atoms with Gasteiger partial charge < -0.3 is 15.4 Å². The summed E-state index contributed by atoms with van der Waals surface area (Å²) in [4.78, 5) is 12.7. The third-order valence-corrected chi connectivity index (χ3v) is 2.86. The molecule has 112 valence electrons. The molecule has 0 unspecified atom stereocenters. The topological polar surface area (TPSA) is 72.0 Å². The Morgan fingerprint density at radius 1 is 1.14 bits per heavy atom. The summed E-state index contributed by atoms with van der Waals surface area (Å²) in [5, 5.41) is 6.66. The number of nitrogens with zero attached hydrogens (tertiary/aromatic N) is 3. The fraction of sp³-hybridized carbons (Fsp3) is 0.357. The molecule has 0 spiro atoms. The van der Waals surface area contributed by atoms with Gasteiger partial charge in [0.15, 0.2) is 0 Å². The molecule has 0 fully saturated rings. The van der Waals surface area contributed by atoms with E-state index in [1.54, 1.807) is 7.05 Å². The maximum atomic E-state index is 6.01. The SMILES string of the molecule is CNc1nc(Nc2cc(Cl)ccc2C)nc(OC(C)C)n1. The summed E-state index contributed by atoms with van der Waals surface area (Å²) in [7, 11) is 1.74. The van der Waals surface area contributed by atoms with Crippen LogP contribution in [0.15, 0.2) is 18.2 Å². The minimum Gasteiger partial charge on any atom is -0.461 e. The van der Waals surface area contributed by atoms with Gasteiger partial charge in [-0.2, -0.15) is 15.0 Å². The first kappa shape index (κ1) is 15.3. The standard InChI is InChI=1S/C14H18ClN5O/c1-8(2)21-14-19-12(16-4)18-13(20-14)17-11-7-10(15)6-5-9(11)3/h5-8H,1-4H3,(H2,16,17,18,19,20). The zero-order valence-electron chi connectivity index (χ0n) is 12.4. The Kier molecular flexibility index (Phi) is 4.80. The van der Waals surface area contributed by atoms with Crippen molar-refractivity contribution in [1.82, 2.24) is 15.0 Å². The molecule has 0 aliphatic carbocycles. The Balaban J connectivity index is 2.32. The second-order valence-electron chi connectivity index (χ2n) is 4.77. The van der Waals surface area contributed by atoms with E-state index < -0.39 is 0 Å². The Bertz CT molecular complexity index is 633. The van der Waals surface area contributed by atoms with Gasteiger partial charge in [0.2, 0.25) is 11.9 Å². The summed E-state index contributed by atoms with van der Waals surface area (Å²) in [6.07, 6.45) is -0.0159. The summed E-state index contributed by atoms with van der Waals surface area (Å²) in [5.74, 6) is 0.832. The third-order valence-electron chi connectivity index (χ3n) is 2.63. The van der Waals surface area contributed by atoms with E-state index in [4.69, 9.17) is 16.3 Å². The van der Waals surface area contributed by atoms with Crippen LogP contribution in [0.1, 0.15) is 19.4 Å². The van der Waals surface area contributed by atoms with Crippen LogP contribution in [0.4, 0.5) is 17.6 Å². The number of ether oxygens (including phenoxy) is 1. The second-order valence-corrected chi connectivity index (χ2v) is 5.20. The molecule has 6 nitrogen and oxygen atoms in total. The normalized spacial score (nSPS) is 10.6. The van der Waals surface area contributed by atoms with Crippen molar-refractivity contribution >= 4 is 29.2 Å². The summed E-state index contributed by atoms with van der Waals surface area (Å²) in [6.45, 7) is 5.80. The highest BCUT2D eigenvalue weighted by atomic mass is 35.5. The third kappa shape index (κ3) is 4.19. The molecule has 2 aromatic rings.